The molecule has 0 radical (unpaired) electrons. The standard InChI is InChI=1S/C16H16N4O3S/c1-9-10(2)24-16(18-9)19-15(23)17-7-8-20-13(21)11-5-3-4-6-12(11)14(20)22/h3-6H,7-8H2,1-2H3,(H2,17,18,19,23). The number of rotatable bonds is 4. The lowest BCUT2D eigenvalue weighted by molar-refractivity contribution is 0.0656. The third-order valence-corrected chi connectivity index (χ3v) is 4.74. The zero-order chi connectivity index (χ0) is 17.3. The molecule has 7 nitrogen and oxygen atoms in total. The highest BCUT2D eigenvalue weighted by molar-refractivity contribution is 7.15. The maximum absolute atomic E-state index is 12.2. The number of aromatic nitrogens is 1. The molecule has 0 bridgehead atoms. The molecule has 1 aliphatic heterocycles. The number of fused-ring (bicyclic) bond motifs is 1. The summed E-state index contributed by atoms with van der Waals surface area (Å²) in [7, 11) is 0. The molecular weight excluding hydrogens is 328 g/mol. The average Bonchev–Trinajstić information content (AvgIpc) is 2.99. The Kier molecular flexibility index (Phi) is 4.30. The van der Waals surface area contributed by atoms with E-state index in [2.05, 4.69) is 15.6 Å². The van der Waals surface area contributed by atoms with Gasteiger partial charge >= 0.3 is 6.03 Å². The quantitative estimate of drug-likeness (QED) is 0.832. The molecule has 0 fully saturated rings. The zero-order valence-electron chi connectivity index (χ0n) is 13.3. The van der Waals surface area contributed by atoms with E-state index in [-0.39, 0.29) is 24.9 Å². The van der Waals surface area contributed by atoms with Gasteiger partial charge in [0.15, 0.2) is 5.13 Å². The maximum atomic E-state index is 12.2. The second kappa shape index (κ2) is 6.40. The fraction of sp³-hybridized carbons (Fsp3) is 0.250. The second-order valence-corrected chi connectivity index (χ2v) is 6.55. The number of carbonyl (C=O) groups is 3. The van der Waals surface area contributed by atoms with E-state index in [1.165, 1.54) is 11.3 Å². The van der Waals surface area contributed by atoms with Crippen molar-refractivity contribution < 1.29 is 14.4 Å². The van der Waals surface area contributed by atoms with Crippen LogP contribution in [0.2, 0.25) is 0 Å². The third-order valence-electron chi connectivity index (χ3n) is 3.75. The number of hydrogen-bond donors (Lipinski definition) is 2. The molecule has 24 heavy (non-hydrogen) atoms. The maximum Gasteiger partial charge on any atom is 0.321 e. The van der Waals surface area contributed by atoms with Crippen molar-refractivity contribution >= 4 is 34.3 Å². The van der Waals surface area contributed by atoms with Gasteiger partial charge in [-0.2, -0.15) is 0 Å². The summed E-state index contributed by atoms with van der Waals surface area (Å²) in [4.78, 5) is 42.6. The number of carbonyl (C=O) groups excluding carboxylic acids is 3. The summed E-state index contributed by atoms with van der Waals surface area (Å²) in [5.41, 5.74) is 1.68. The van der Waals surface area contributed by atoms with Gasteiger partial charge in [-0.05, 0) is 26.0 Å². The van der Waals surface area contributed by atoms with Crippen LogP contribution in [-0.4, -0.2) is 40.8 Å². The molecule has 0 atom stereocenters. The van der Waals surface area contributed by atoms with Crippen molar-refractivity contribution in [1.29, 1.82) is 0 Å². The molecular formula is C16H16N4O3S. The van der Waals surface area contributed by atoms with Crippen LogP contribution in [-0.2, 0) is 0 Å². The van der Waals surface area contributed by atoms with Crippen LogP contribution in [0.3, 0.4) is 0 Å². The average molecular weight is 344 g/mol. The Morgan fingerprint density at radius 3 is 2.33 bits per heavy atom. The van der Waals surface area contributed by atoms with Gasteiger partial charge in [-0.1, -0.05) is 12.1 Å². The van der Waals surface area contributed by atoms with Gasteiger partial charge in [0.1, 0.15) is 0 Å². The summed E-state index contributed by atoms with van der Waals surface area (Å²) in [5.74, 6) is -0.659. The molecule has 2 N–H and O–H groups in total. The van der Waals surface area contributed by atoms with Crippen molar-refractivity contribution in [3.05, 3.63) is 46.0 Å². The van der Waals surface area contributed by atoms with Crippen LogP contribution < -0.4 is 10.6 Å². The number of thiazole rings is 1. The number of benzene rings is 1. The summed E-state index contributed by atoms with van der Waals surface area (Å²) in [5, 5.41) is 5.78. The minimum absolute atomic E-state index is 0.121. The number of urea groups is 1. The first-order chi connectivity index (χ1) is 11.5. The van der Waals surface area contributed by atoms with Gasteiger partial charge in [-0.15, -0.1) is 11.3 Å². The number of amides is 4. The number of nitrogens with one attached hydrogen (secondary N) is 2. The van der Waals surface area contributed by atoms with E-state index < -0.39 is 6.03 Å². The van der Waals surface area contributed by atoms with Crippen LogP contribution in [0.25, 0.3) is 0 Å². The Hall–Kier alpha value is -2.74. The lowest BCUT2D eigenvalue weighted by atomic mass is 10.1. The molecule has 1 aliphatic rings. The molecule has 0 spiro atoms. The molecule has 124 valence electrons. The molecule has 0 unspecified atom stereocenters. The SMILES string of the molecule is Cc1nc(NC(=O)NCCN2C(=O)c3ccccc3C2=O)sc1C. The normalized spacial score (nSPS) is 13.2. The molecule has 0 aliphatic carbocycles. The zero-order valence-corrected chi connectivity index (χ0v) is 14.1. The molecule has 1 aromatic carbocycles. The monoisotopic (exact) mass is 344 g/mol. The van der Waals surface area contributed by atoms with E-state index in [1.54, 1.807) is 24.3 Å². The largest absolute Gasteiger partial charge is 0.336 e. The summed E-state index contributed by atoms with van der Waals surface area (Å²) in [6, 6.07) is 6.28. The van der Waals surface area contributed by atoms with Crippen LogP contribution in [0.4, 0.5) is 9.93 Å². The van der Waals surface area contributed by atoms with Crippen LogP contribution >= 0.6 is 11.3 Å². The van der Waals surface area contributed by atoms with Crippen molar-refractivity contribution in [3.63, 3.8) is 0 Å². The molecule has 0 saturated heterocycles. The predicted molar refractivity (Wildman–Crippen MR) is 90.4 cm³/mol. The van der Waals surface area contributed by atoms with Gasteiger partial charge in [0.05, 0.1) is 16.8 Å². The lowest BCUT2D eigenvalue weighted by Gasteiger charge is -2.14. The summed E-state index contributed by atoms with van der Waals surface area (Å²) < 4.78 is 0. The molecule has 1 aromatic heterocycles. The van der Waals surface area contributed by atoms with Crippen LogP contribution in [0, 0.1) is 13.8 Å². The van der Waals surface area contributed by atoms with E-state index >= 15 is 0 Å². The van der Waals surface area contributed by atoms with E-state index in [4.69, 9.17) is 0 Å². The lowest BCUT2D eigenvalue weighted by Crippen LogP contribution is -2.39. The Balaban J connectivity index is 1.53. The number of anilines is 1. The molecule has 2 aromatic rings. The summed E-state index contributed by atoms with van der Waals surface area (Å²) in [6.45, 7) is 4.09. The Morgan fingerprint density at radius 2 is 1.79 bits per heavy atom. The minimum atomic E-state index is -0.416. The number of hydrogen-bond acceptors (Lipinski definition) is 5. The van der Waals surface area contributed by atoms with Crippen molar-refractivity contribution in [2.45, 2.75) is 13.8 Å². The van der Waals surface area contributed by atoms with E-state index in [0.29, 0.717) is 16.3 Å². The smallest absolute Gasteiger partial charge is 0.321 e. The van der Waals surface area contributed by atoms with E-state index in [1.807, 2.05) is 13.8 Å². The number of imide groups is 1. The Labute approximate surface area is 142 Å². The van der Waals surface area contributed by atoms with E-state index in [9.17, 15) is 14.4 Å². The van der Waals surface area contributed by atoms with E-state index in [0.717, 1.165) is 15.5 Å². The highest BCUT2D eigenvalue weighted by atomic mass is 32.1. The van der Waals surface area contributed by atoms with Crippen LogP contribution in [0.5, 0.6) is 0 Å². The van der Waals surface area contributed by atoms with Crippen LogP contribution in [0.1, 0.15) is 31.3 Å². The highest BCUT2D eigenvalue weighted by Crippen LogP contribution is 2.22. The fourth-order valence-electron chi connectivity index (χ4n) is 2.39. The molecule has 0 saturated carbocycles. The van der Waals surface area contributed by atoms with Crippen LogP contribution in [0.15, 0.2) is 24.3 Å². The molecule has 8 heteroatoms. The van der Waals surface area contributed by atoms with Crippen molar-refractivity contribution in [2.24, 2.45) is 0 Å². The second-order valence-electron chi connectivity index (χ2n) is 5.35. The Bertz CT molecular complexity index is 776. The fourth-order valence-corrected chi connectivity index (χ4v) is 3.20. The summed E-state index contributed by atoms with van der Waals surface area (Å²) >= 11 is 1.39. The van der Waals surface area contributed by atoms with Crippen molar-refractivity contribution in [3.8, 4) is 0 Å². The third kappa shape index (κ3) is 3.00. The van der Waals surface area contributed by atoms with Crippen molar-refractivity contribution in [2.75, 3.05) is 18.4 Å². The first kappa shape index (κ1) is 16.1. The van der Waals surface area contributed by atoms with Gasteiger partial charge in [-0.25, -0.2) is 9.78 Å². The summed E-state index contributed by atoms with van der Waals surface area (Å²) in [6.07, 6.45) is 0. The topological polar surface area (TPSA) is 91.4 Å². The van der Waals surface area contributed by atoms with Gasteiger partial charge in [-0.3, -0.25) is 19.8 Å². The Morgan fingerprint density at radius 1 is 1.17 bits per heavy atom. The number of aryl methyl sites for hydroxylation is 2. The molecule has 4 amide bonds. The first-order valence-corrected chi connectivity index (χ1v) is 8.23. The van der Waals surface area contributed by atoms with Gasteiger partial charge in [0.25, 0.3) is 11.8 Å². The van der Waals surface area contributed by atoms with Gasteiger partial charge in [0.2, 0.25) is 0 Å². The van der Waals surface area contributed by atoms with Gasteiger partial charge < -0.3 is 5.32 Å². The first-order valence-electron chi connectivity index (χ1n) is 7.41. The predicted octanol–water partition coefficient (Wildman–Crippen LogP) is 2.18. The molecule has 3 rings (SSSR count). The minimum Gasteiger partial charge on any atom is -0.336 e. The van der Waals surface area contributed by atoms with Crippen molar-refractivity contribution in [1.82, 2.24) is 15.2 Å². The number of nitrogens with zero attached hydrogens (tertiary/aromatic N) is 2. The highest BCUT2D eigenvalue weighted by Gasteiger charge is 2.34. The van der Waals surface area contributed by atoms with Gasteiger partial charge in [0, 0.05) is 18.0 Å². The molecule has 2 heterocycles.